The summed E-state index contributed by atoms with van der Waals surface area (Å²) in [6.45, 7) is 8.18. The first-order valence-electron chi connectivity index (χ1n) is 8.50. The van der Waals surface area contributed by atoms with Gasteiger partial charge in [-0.05, 0) is 55.5 Å². The van der Waals surface area contributed by atoms with E-state index in [0.717, 1.165) is 17.0 Å². The first-order valence-corrected chi connectivity index (χ1v) is 10.2. The van der Waals surface area contributed by atoms with Crippen LogP contribution >= 0.6 is 7.28 Å². The summed E-state index contributed by atoms with van der Waals surface area (Å²) in [5.74, 6) is 1.25. The third-order valence-corrected chi connectivity index (χ3v) is 7.64. The van der Waals surface area contributed by atoms with Gasteiger partial charge in [-0.3, -0.25) is 0 Å². The van der Waals surface area contributed by atoms with Gasteiger partial charge in [-0.15, -0.1) is 0 Å². The van der Waals surface area contributed by atoms with Gasteiger partial charge in [-0.25, -0.2) is 9.14 Å². The molecule has 1 aromatic heterocycles. The third kappa shape index (κ3) is 3.76. The van der Waals surface area contributed by atoms with Gasteiger partial charge in [0.2, 0.25) is 7.28 Å². The molecule has 3 nitrogen and oxygen atoms in total. The van der Waals surface area contributed by atoms with Gasteiger partial charge < -0.3 is 8.94 Å². The summed E-state index contributed by atoms with van der Waals surface area (Å²) in [7, 11) is -2.63. The van der Waals surface area contributed by atoms with Crippen LogP contribution in [0.3, 0.4) is 0 Å². The fraction of sp³-hybridized carbons (Fsp3) is 0.238. The van der Waals surface area contributed by atoms with Crippen LogP contribution < -0.4 is 10.0 Å². The molecule has 3 aromatic rings. The SMILES string of the molecule is Cc1ccc([P@](=Nc2ccc(F)cc2)(Oc2ccccc2)C(C)(C)C)o1. The summed E-state index contributed by atoms with van der Waals surface area (Å²) in [5.41, 5.74) is 1.38. The standard InChI is InChI=1S/C21H23FNO2P/c1-16-10-15-20(24-16)26(21(2,3)4,25-19-8-6-5-7-9-19)23-18-13-11-17(22)12-14-18/h5-15H,1-4H3/t26-/m0/s1. The van der Waals surface area contributed by atoms with Gasteiger partial charge in [0.25, 0.3) is 0 Å². The van der Waals surface area contributed by atoms with Gasteiger partial charge in [-0.1, -0.05) is 39.0 Å². The maximum absolute atomic E-state index is 13.3. The second-order valence-electron chi connectivity index (χ2n) is 7.11. The van der Waals surface area contributed by atoms with Crippen LogP contribution in [0.15, 0.2) is 75.9 Å². The van der Waals surface area contributed by atoms with Crippen LogP contribution in [0.1, 0.15) is 26.5 Å². The van der Waals surface area contributed by atoms with Gasteiger partial charge >= 0.3 is 0 Å². The van der Waals surface area contributed by atoms with Crippen LogP contribution in [0.25, 0.3) is 0 Å². The van der Waals surface area contributed by atoms with Crippen LogP contribution in [0.2, 0.25) is 0 Å². The minimum absolute atomic E-state index is 0.290. The smallest absolute Gasteiger partial charge is 0.207 e. The zero-order valence-corrected chi connectivity index (χ0v) is 16.3. The highest BCUT2D eigenvalue weighted by Crippen LogP contribution is 2.62. The molecule has 0 radical (unpaired) electrons. The minimum Gasteiger partial charge on any atom is -0.457 e. The highest BCUT2D eigenvalue weighted by atomic mass is 31.2. The molecule has 0 saturated carbocycles. The van der Waals surface area contributed by atoms with Crippen LogP contribution in [0, 0.1) is 12.7 Å². The molecule has 0 unspecified atom stereocenters. The van der Waals surface area contributed by atoms with Gasteiger partial charge in [0.1, 0.15) is 17.3 Å². The zero-order chi connectivity index (χ0) is 18.8. The van der Waals surface area contributed by atoms with E-state index < -0.39 is 7.28 Å². The molecule has 1 atom stereocenters. The van der Waals surface area contributed by atoms with Crippen molar-refractivity contribution in [3.63, 3.8) is 0 Å². The summed E-state index contributed by atoms with van der Waals surface area (Å²) in [4.78, 5) is 0. The fourth-order valence-electron chi connectivity index (χ4n) is 2.62. The van der Waals surface area contributed by atoms with Crippen molar-refractivity contribution < 1.29 is 13.3 Å². The molecule has 0 saturated heterocycles. The lowest BCUT2D eigenvalue weighted by Gasteiger charge is -2.35. The molecule has 1 heterocycles. The average molecular weight is 371 g/mol. The molecule has 0 aliphatic carbocycles. The topological polar surface area (TPSA) is 34.7 Å². The second kappa shape index (κ2) is 7.13. The van der Waals surface area contributed by atoms with Crippen molar-refractivity contribution in [2.24, 2.45) is 4.74 Å². The van der Waals surface area contributed by atoms with Crippen molar-refractivity contribution in [1.29, 1.82) is 0 Å². The molecular formula is C21H23FNO2P. The average Bonchev–Trinajstić information content (AvgIpc) is 3.03. The minimum atomic E-state index is -2.63. The number of hydrogen-bond donors (Lipinski definition) is 0. The van der Waals surface area contributed by atoms with E-state index in [1.165, 1.54) is 12.1 Å². The number of rotatable bonds is 4. The lowest BCUT2D eigenvalue weighted by atomic mass is 10.3. The van der Waals surface area contributed by atoms with E-state index in [-0.39, 0.29) is 11.0 Å². The number of furan rings is 1. The molecule has 0 amide bonds. The normalized spacial score (nSPS) is 13.9. The predicted molar refractivity (Wildman–Crippen MR) is 105 cm³/mol. The summed E-state index contributed by atoms with van der Waals surface area (Å²) in [6.07, 6.45) is 0. The Labute approximate surface area is 154 Å². The molecule has 0 fully saturated rings. The van der Waals surface area contributed by atoms with Crippen LogP contribution in [0.5, 0.6) is 5.75 Å². The van der Waals surface area contributed by atoms with E-state index in [1.807, 2.05) is 49.4 Å². The molecule has 2 aromatic carbocycles. The fourth-order valence-corrected chi connectivity index (χ4v) is 5.52. The lowest BCUT2D eigenvalue weighted by molar-refractivity contribution is 0.527. The van der Waals surface area contributed by atoms with E-state index in [9.17, 15) is 4.39 Å². The van der Waals surface area contributed by atoms with Gasteiger partial charge in [0.15, 0.2) is 5.50 Å². The van der Waals surface area contributed by atoms with E-state index in [0.29, 0.717) is 5.69 Å². The Morgan fingerprint density at radius 3 is 2.12 bits per heavy atom. The molecular weight excluding hydrogens is 348 g/mol. The Kier molecular flexibility index (Phi) is 5.06. The maximum atomic E-state index is 13.3. The second-order valence-corrected chi connectivity index (χ2v) is 10.4. The molecule has 0 N–H and O–H groups in total. The van der Waals surface area contributed by atoms with E-state index in [2.05, 4.69) is 20.8 Å². The van der Waals surface area contributed by atoms with Crippen LogP contribution in [0.4, 0.5) is 10.1 Å². The number of nitrogens with zero attached hydrogens (tertiary/aromatic N) is 1. The van der Waals surface area contributed by atoms with Crippen LogP contribution in [-0.4, -0.2) is 5.16 Å². The quantitative estimate of drug-likeness (QED) is 0.480. The predicted octanol–water partition coefficient (Wildman–Crippen LogP) is 6.68. The summed E-state index contributed by atoms with van der Waals surface area (Å²) in [6, 6.07) is 19.6. The van der Waals surface area contributed by atoms with Gasteiger partial charge in [0.05, 0.1) is 5.69 Å². The molecule has 26 heavy (non-hydrogen) atoms. The first kappa shape index (κ1) is 18.5. The van der Waals surface area contributed by atoms with Crippen molar-refractivity contribution in [1.82, 2.24) is 0 Å². The molecule has 0 aliphatic rings. The Bertz CT molecular complexity index is 925. The highest BCUT2D eigenvalue weighted by molar-refractivity contribution is 7.70. The Hall–Kier alpha value is -2.32. The zero-order valence-electron chi connectivity index (χ0n) is 15.4. The van der Waals surface area contributed by atoms with Crippen LogP contribution in [-0.2, 0) is 0 Å². The van der Waals surface area contributed by atoms with Crippen molar-refractivity contribution in [2.75, 3.05) is 0 Å². The van der Waals surface area contributed by atoms with E-state index in [1.54, 1.807) is 12.1 Å². The third-order valence-electron chi connectivity index (χ3n) is 4.00. The molecule has 5 heteroatoms. The maximum Gasteiger partial charge on any atom is 0.207 e. The summed E-state index contributed by atoms with van der Waals surface area (Å²) < 4.78 is 30.9. The van der Waals surface area contributed by atoms with Crippen molar-refractivity contribution in [2.45, 2.75) is 32.9 Å². The lowest BCUT2D eigenvalue weighted by Crippen LogP contribution is -2.26. The molecule has 0 spiro atoms. The highest BCUT2D eigenvalue weighted by Gasteiger charge is 2.41. The number of hydrogen-bond acceptors (Lipinski definition) is 3. The first-order chi connectivity index (χ1) is 12.3. The monoisotopic (exact) mass is 371 g/mol. The molecule has 0 aliphatic heterocycles. The number of halogens is 1. The van der Waals surface area contributed by atoms with Crippen molar-refractivity contribution in [3.8, 4) is 5.75 Å². The van der Waals surface area contributed by atoms with Gasteiger partial charge in [0, 0.05) is 5.16 Å². The Morgan fingerprint density at radius 1 is 0.923 bits per heavy atom. The van der Waals surface area contributed by atoms with Crippen molar-refractivity contribution in [3.05, 3.63) is 78.3 Å². The summed E-state index contributed by atoms with van der Waals surface area (Å²) in [5, 5.41) is -0.332. The molecule has 0 bridgehead atoms. The van der Waals surface area contributed by atoms with Gasteiger partial charge in [-0.2, -0.15) is 0 Å². The summed E-state index contributed by atoms with van der Waals surface area (Å²) >= 11 is 0. The number of aryl methyl sites for hydroxylation is 1. The number of para-hydroxylation sites is 1. The van der Waals surface area contributed by atoms with Crippen molar-refractivity contribution >= 4 is 18.5 Å². The Balaban J connectivity index is 2.26. The number of benzene rings is 2. The van der Waals surface area contributed by atoms with E-state index in [4.69, 9.17) is 13.7 Å². The molecule has 3 rings (SSSR count). The largest absolute Gasteiger partial charge is 0.457 e. The van der Waals surface area contributed by atoms with E-state index >= 15 is 0 Å². The molecule has 136 valence electrons. The Morgan fingerprint density at radius 2 is 1.58 bits per heavy atom.